The molecule has 11 nitrogen and oxygen atoms in total. The van der Waals surface area contributed by atoms with Crippen molar-refractivity contribution < 1.29 is 51.0 Å². The maximum atomic E-state index is 13.2. The Balaban J connectivity index is 1.77. The van der Waals surface area contributed by atoms with Crippen LogP contribution in [0.2, 0.25) is 0 Å². The number of nitrogens with zero attached hydrogens (tertiary/aromatic N) is 1. The number of alkyl halides is 4. The monoisotopic (exact) mass is 604 g/mol. The number of halogens is 4. The molecule has 1 fully saturated rings. The molecule has 16 heteroatoms. The molecule has 1 aliphatic rings. The molecule has 0 saturated carbocycles. The van der Waals surface area contributed by atoms with Gasteiger partial charge in [-0.2, -0.15) is 17.6 Å². The van der Waals surface area contributed by atoms with Crippen molar-refractivity contribution in [2.24, 2.45) is 0 Å². The molecule has 0 aliphatic carbocycles. The molecular weight excluding hydrogens is 576 g/mol. The van der Waals surface area contributed by atoms with Crippen molar-refractivity contribution in [2.75, 3.05) is 19.8 Å². The molecule has 4 atom stereocenters. The van der Waals surface area contributed by atoms with Crippen LogP contribution < -0.4 is 16.0 Å². The predicted octanol–water partition coefficient (Wildman–Crippen LogP) is 1.60. The lowest BCUT2D eigenvalue weighted by molar-refractivity contribution is -0.152. The molecule has 2 aromatic rings. The Morgan fingerprint density at radius 2 is 1.49 bits per heavy atom. The maximum absolute atomic E-state index is 13.2. The molecule has 3 amide bonds. The van der Waals surface area contributed by atoms with Gasteiger partial charge in [-0.1, -0.05) is 30.3 Å². The van der Waals surface area contributed by atoms with E-state index in [-0.39, 0.29) is 17.9 Å². The van der Waals surface area contributed by atoms with Crippen molar-refractivity contribution in [1.82, 2.24) is 20.9 Å². The quantitative estimate of drug-likeness (QED) is 0.193. The van der Waals surface area contributed by atoms with E-state index in [4.69, 9.17) is 4.74 Å². The summed E-state index contributed by atoms with van der Waals surface area (Å²) in [6, 6.07) is 3.86. The molecule has 0 unspecified atom stereocenters. The lowest BCUT2D eigenvalue weighted by atomic mass is 9.94. The number of hydrogen-bond acceptors (Lipinski definition) is 9. The van der Waals surface area contributed by atoms with E-state index in [9.17, 15) is 36.7 Å². The molecule has 0 spiro atoms. The number of hydrogen-bond donors (Lipinski definition) is 3. The number of amides is 3. The largest absolute Gasteiger partial charge is 0.361 e. The fraction of sp³-hybridized carbons (Fsp3) is 0.480. The van der Waals surface area contributed by atoms with Gasteiger partial charge in [-0.25, -0.2) is 4.98 Å². The number of aromatic nitrogens is 1. The SMILES string of the molecule is Cc1ncc(C(=O)N[C@@H](COC(F)F)C(=O)N[C@@H](COC(F)F)C(=O)N[C@@H](Cc2ccccc2)C(=O)[C@@]2(C)CO2)s1. The van der Waals surface area contributed by atoms with Gasteiger partial charge in [-0.3, -0.25) is 19.2 Å². The summed E-state index contributed by atoms with van der Waals surface area (Å²) >= 11 is 0.968. The van der Waals surface area contributed by atoms with Crippen LogP contribution in [0.25, 0.3) is 0 Å². The number of rotatable bonds is 16. The van der Waals surface area contributed by atoms with Crippen LogP contribution in [0.15, 0.2) is 36.5 Å². The molecule has 1 saturated heterocycles. The van der Waals surface area contributed by atoms with Gasteiger partial charge in [-0.05, 0) is 25.8 Å². The van der Waals surface area contributed by atoms with E-state index in [1.165, 1.54) is 13.1 Å². The second-order valence-electron chi connectivity index (χ2n) is 9.15. The van der Waals surface area contributed by atoms with Crippen molar-refractivity contribution in [3.05, 3.63) is 52.0 Å². The average molecular weight is 605 g/mol. The molecule has 1 aliphatic heterocycles. The lowest BCUT2D eigenvalue weighted by Crippen LogP contribution is -2.59. The van der Waals surface area contributed by atoms with Gasteiger partial charge in [0, 0.05) is 0 Å². The minimum atomic E-state index is -3.32. The summed E-state index contributed by atoms with van der Waals surface area (Å²) < 4.78 is 64.8. The first-order chi connectivity index (χ1) is 19.4. The van der Waals surface area contributed by atoms with Crippen LogP contribution >= 0.6 is 11.3 Å². The zero-order valence-electron chi connectivity index (χ0n) is 21.9. The lowest BCUT2D eigenvalue weighted by Gasteiger charge is -2.25. The van der Waals surface area contributed by atoms with Crippen LogP contribution in [-0.4, -0.2) is 85.3 Å². The van der Waals surface area contributed by atoms with Crippen molar-refractivity contribution >= 4 is 34.8 Å². The van der Waals surface area contributed by atoms with Gasteiger partial charge < -0.3 is 30.2 Å². The second-order valence-corrected chi connectivity index (χ2v) is 10.4. The van der Waals surface area contributed by atoms with E-state index in [0.717, 1.165) is 11.3 Å². The molecule has 0 bridgehead atoms. The molecule has 2 heterocycles. The Morgan fingerprint density at radius 1 is 0.951 bits per heavy atom. The standard InChI is InChI=1S/C25H28F4N4O7S/c1-13-30-9-18(41-13)22(37)33-17(11-39-24(28)29)21(36)32-16(10-38-23(26)27)20(35)31-15(19(34)25(2)12-40-25)8-14-6-4-3-5-7-14/h3-7,9,15-17,23-24H,8,10-12H2,1-2H3,(H,31,35)(H,32,36)(H,33,37)/t15-,16-,17-,25+/m0/s1. The van der Waals surface area contributed by atoms with Gasteiger partial charge >= 0.3 is 13.2 Å². The third-order valence-electron chi connectivity index (χ3n) is 5.89. The Kier molecular flexibility index (Phi) is 11.3. The molecule has 3 N–H and O–H groups in total. The van der Waals surface area contributed by atoms with Crippen LogP contribution in [0.5, 0.6) is 0 Å². The molecule has 224 valence electrons. The van der Waals surface area contributed by atoms with Crippen LogP contribution in [0.3, 0.4) is 0 Å². The minimum Gasteiger partial charge on any atom is -0.361 e. The van der Waals surface area contributed by atoms with E-state index >= 15 is 0 Å². The van der Waals surface area contributed by atoms with E-state index in [0.29, 0.717) is 10.6 Å². The fourth-order valence-corrected chi connectivity index (χ4v) is 4.30. The Morgan fingerprint density at radius 3 is 1.98 bits per heavy atom. The molecule has 1 aromatic carbocycles. The Labute approximate surface area is 235 Å². The minimum absolute atomic E-state index is 0.0237. The first-order valence-electron chi connectivity index (χ1n) is 12.2. The molecule has 3 rings (SSSR count). The highest BCUT2D eigenvalue weighted by Crippen LogP contribution is 2.29. The van der Waals surface area contributed by atoms with Crippen molar-refractivity contribution in [2.45, 2.75) is 57.2 Å². The summed E-state index contributed by atoms with van der Waals surface area (Å²) in [6.07, 6.45) is 1.23. The van der Waals surface area contributed by atoms with Gasteiger partial charge in [0.2, 0.25) is 11.8 Å². The summed E-state index contributed by atoms with van der Waals surface area (Å²) in [4.78, 5) is 55.7. The number of benzene rings is 1. The third-order valence-corrected chi connectivity index (χ3v) is 6.80. The van der Waals surface area contributed by atoms with Crippen LogP contribution in [0.1, 0.15) is 27.2 Å². The first kappa shape index (κ1) is 32.0. The molecule has 1 aromatic heterocycles. The number of Topliss-reactive ketones (excluding diaryl/α,β-unsaturated/α-hetero) is 1. The highest BCUT2D eigenvalue weighted by atomic mass is 32.1. The zero-order valence-corrected chi connectivity index (χ0v) is 22.7. The zero-order chi connectivity index (χ0) is 30.2. The predicted molar refractivity (Wildman–Crippen MR) is 135 cm³/mol. The highest BCUT2D eigenvalue weighted by Gasteiger charge is 2.50. The number of carbonyl (C=O) groups excluding carboxylic acids is 4. The van der Waals surface area contributed by atoms with Gasteiger partial charge in [0.05, 0.1) is 37.1 Å². The summed E-state index contributed by atoms with van der Waals surface area (Å²) in [7, 11) is 0. The summed E-state index contributed by atoms with van der Waals surface area (Å²) in [5.74, 6) is -3.60. The van der Waals surface area contributed by atoms with E-state index < -0.39 is 73.7 Å². The van der Waals surface area contributed by atoms with Crippen LogP contribution in [-0.2, 0) is 35.0 Å². The van der Waals surface area contributed by atoms with Gasteiger partial charge in [0.1, 0.15) is 22.6 Å². The average Bonchev–Trinajstić information content (AvgIpc) is 3.53. The number of carbonyl (C=O) groups is 4. The van der Waals surface area contributed by atoms with Crippen LogP contribution in [0.4, 0.5) is 17.6 Å². The van der Waals surface area contributed by atoms with Crippen LogP contribution in [0, 0.1) is 6.92 Å². The maximum Gasteiger partial charge on any atom is 0.345 e. The number of aryl methyl sites for hydroxylation is 1. The fourth-order valence-electron chi connectivity index (χ4n) is 3.62. The Bertz CT molecular complexity index is 1210. The third kappa shape index (κ3) is 9.84. The van der Waals surface area contributed by atoms with Crippen molar-refractivity contribution in [3.63, 3.8) is 0 Å². The van der Waals surface area contributed by atoms with Crippen molar-refractivity contribution in [3.8, 4) is 0 Å². The number of nitrogens with one attached hydrogen (secondary N) is 3. The van der Waals surface area contributed by atoms with Gasteiger partial charge in [-0.15, -0.1) is 11.3 Å². The first-order valence-corrected chi connectivity index (χ1v) is 13.1. The van der Waals surface area contributed by atoms with E-state index in [2.05, 4.69) is 30.4 Å². The van der Waals surface area contributed by atoms with Gasteiger partial charge in [0.25, 0.3) is 5.91 Å². The molecular formula is C25H28F4N4O7S. The normalized spacial score (nSPS) is 18.4. The summed E-state index contributed by atoms with van der Waals surface area (Å²) in [5, 5.41) is 7.28. The number of thiazole rings is 1. The number of ether oxygens (including phenoxy) is 3. The number of epoxide rings is 1. The number of ketones is 1. The second kappa shape index (κ2) is 14.4. The summed E-state index contributed by atoms with van der Waals surface area (Å²) in [5.41, 5.74) is -0.480. The Hall–Kier alpha value is -3.47. The smallest absolute Gasteiger partial charge is 0.345 e. The molecule has 41 heavy (non-hydrogen) atoms. The van der Waals surface area contributed by atoms with E-state index in [1.54, 1.807) is 37.3 Å². The summed E-state index contributed by atoms with van der Waals surface area (Å²) in [6.45, 7) is -5.42. The van der Waals surface area contributed by atoms with Gasteiger partial charge in [0.15, 0.2) is 5.78 Å². The highest BCUT2D eigenvalue weighted by molar-refractivity contribution is 7.13. The topological polar surface area (TPSA) is 148 Å². The molecule has 0 radical (unpaired) electrons. The van der Waals surface area contributed by atoms with E-state index in [1.807, 2.05) is 0 Å². The van der Waals surface area contributed by atoms with Crippen molar-refractivity contribution in [1.29, 1.82) is 0 Å².